The first kappa shape index (κ1) is 8.20. The molecule has 0 spiro atoms. The van der Waals surface area contributed by atoms with Gasteiger partial charge in [0.1, 0.15) is 11.8 Å². The minimum Gasteiger partial charge on any atom is -0.465 e. The second-order valence-electron chi connectivity index (χ2n) is 2.43. The third-order valence-electron chi connectivity index (χ3n) is 1.55. The van der Waals surface area contributed by atoms with Gasteiger partial charge in [0, 0.05) is 6.42 Å². The minimum atomic E-state index is -0.401. The van der Waals surface area contributed by atoms with Crippen LogP contribution >= 0.6 is 0 Å². The molecule has 4 nitrogen and oxygen atoms in total. The molecule has 0 aromatic carbocycles. The molecule has 1 fully saturated rings. The number of carbonyl (C=O) groups excluding carboxylic acids is 2. The molecule has 62 valence electrons. The summed E-state index contributed by atoms with van der Waals surface area (Å²) in [6.45, 7) is 2.41. The molecular formula is C7H11NO3. The van der Waals surface area contributed by atoms with Gasteiger partial charge < -0.3 is 4.74 Å². The molecule has 0 radical (unpaired) electrons. The van der Waals surface area contributed by atoms with Gasteiger partial charge in [0.2, 0.25) is 0 Å². The van der Waals surface area contributed by atoms with Crippen LogP contribution in [0.25, 0.3) is 0 Å². The van der Waals surface area contributed by atoms with E-state index >= 15 is 0 Å². The van der Waals surface area contributed by atoms with Gasteiger partial charge in [-0.25, -0.2) is 0 Å². The van der Waals surface area contributed by atoms with Gasteiger partial charge in [0.25, 0.3) is 0 Å². The third kappa shape index (κ3) is 2.01. The second kappa shape index (κ2) is 3.48. The zero-order valence-electron chi connectivity index (χ0n) is 6.42. The van der Waals surface area contributed by atoms with Gasteiger partial charge in [0.15, 0.2) is 0 Å². The average molecular weight is 157 g/mol. The number of hydrogen-bond donors (Lipinski definition) is 1. The first-order valence-electron chi connectivity index (χ1n) is 3.65. The number of ether oxygens (including phenoxy) is 1. The lowest BCUT2D eigenvalue weighted by Gasteiger charge is -2.06. The summed E-state index contributed by atoms with van der Waals surface area (Å²) in [5, 5.41) is 2.77. The fourth-order valence-electron chi connectivity index (χ4n) is 1.02. The van der Waals surface area contributed by atoms with Crippen molar-refractivity contribution in [1.82, 2.24) is 5.32 Å². The normalized spacial score (nSPS) is 23.7. The Morgan fingerprint density at radius 1 is 1.82 bits per heavy atom. The van der Waals surface area contributed by atoms with Crippen molar-refractivity contribution in [3.05, 3.63) is 0 Å². The highest BCUT2D eigenvalue weighted by Gasteiger charge is 2.28. The Morgan fingerprint density at radius 2 is 2.55 bits per heavy atom. The highest BCUT2D eigenvalue weighted by molar-refractivity contribution is 5.91. The standard InChI is InChI=1S/C7H11NO3/c1-2-11-7(10)6-3-5(9)4-8-6/h6,8H,2-4H2,1H3/t6-/m1/s1. The van der Waals surface area contributed by atoms with Gasteiger partial charge in [-0.05, 0) is 6.92 Å². The predicted octanol–water partition coefficient (Wildman–Crippen LogP) is -0.520. The summed E-state index contributed by atoms with van der Waals surface area (Å²) in [6.07, 6.45) is 0.277. The Morgan fingerprint density at radius 3 is 3.00 bits per heavy atom. The van der Waals surface area contributed by atoms with E-state index in [-0.39, 0.29) is 18.2 Å². The first-order valence-corrected chi connectivity index (χ1v) is 3.65. The SMILES string of the molecule is CCOC(=O)[C@H]1CC(=O)CN1. The maximum atomic E-state index is 11.0. The van der Waals surface area contributed by atoms with Crippen LogP contribution in [0.3, 0.4) is 0 Å². The van der Waals surface area contributed by atoms with Crippen LogP contribution in [0.1, 0.15) is 13.3 Å². The number of hydrogen-bond acceptors (Lipinski definition) is 4. The zero-order chi connectivity index (χ0) is 8.27. The van der Waals surface area contributed by atoms with Crippen LogP contribution in [-0.2, 0) is 14.3 Å². The van der Waals surface area contributed by atoms with Gasteiger partial charge in [-0.15, -0.1) is 0 Å². The molecule has 0 saturated carbocycles. The Balaban J connectivity index is 2.37. The van der Waals surface area contributed by atoms with Crippen molar-refractivity contribution in [3.8, 4) is 0 Å². The van der Waals surface area contributed by atoms with Crippen LogP contribution < -0.4 is 5.32 Å². The van der Waals surface area contributed by atoms with E-state index in [1.165, 1.54) is 0 Å². The Hall–Kier alpha value is -0.900. The van der Waals surface area contributed by atoms with Crippen molar-refractivity contribution in [3.63, 3.8) is 0 Å². The molecule has 11 heavy (non-hydrogen) atoms. The second-order valence-corrected chi connectivity index (χ2v) is 2.43. The summed E-state index contributed by atoms with van der Waals surface area (Å²) >= 11 is 0. The molecule has 0 bridgehead atoms. The lowest BCUT2D eigenvalue weighted by Crippen LogP contribution is -2.32. The van der Waals surface area contributed by atoms with Crippen molar-refractivity contribution in [2.75, 3.05) is 13.2 Å². The summed E-state index contributed by atoms with van der Waals surface area (Å²) in [5.41, 5.74) is 0. The summed E-state index contributed by atoms with van der Waals surface area (Å²) in [7, 11) is 0. The maximum Gasteiger partial charge on any atom is 0.323 e. The van der Waals surface area contributed by atoms with Crippen molar-refractivity contribution in [1.29, 1.82) is 0 Å². The largest absolute Gasteiger partial charge is 0.465 e. The van der Waals surface area contributed by atoms with E-state index in [1.54, 1.807) is 6.92 Å². The molecule has 0 unspecified atom stereocenters. The molecule has 1 rings (SSSR count). The Bertz CT molecular complexity index is 179. The van der Waals surface area contributed by atoms with Gasteiger partial charge in [-0.1, -0.05) is 0 Å². The minimum absolute atomic E-state index is 0.0723. The van der Waals surface area contributed by atoms with Gasteiger partial charge in [-0.3, -0.25) is 14.9 Å². The summed E-state index contributed by atoms with van der Waals surface area (Å²) in [4.78, 5) is 21.6. The summed E-state index contributed by atoms with van der Waals surface area (Å²) in [6, 6.07) is -0.401. The molecular weight excluding hydrogens is 146 g/mol. The maximum absolute atomic E-state index is 11.0. The van der Waals surface area contributed by atoms with E-state index in [2.05, 4.69) is 5.32 Å². The molecule has 1 aliphatic rings. The number of esters is 1. The van der Waals surface area contributed by atoms with E-state index in [1.807, 2.05) is 0 Å². The number of rotatable bonds is 2. The molecule has 0 aromatic heterocycles. The van der Waals surface area contributed by atoms with E-state index < -0.39 is 6.04 Å². The van der Waals surface area contributed by atoms with E-state index in [9.17, 15) is 9.59 Å². The first-order chi connectivity index (χ1) is 5.24. The number of nitrogens with one attached hydrogen (secondary N) is 1. The van der Waals surface area contributed by atoms with Crippen molar-refractivity contribution < 1.29 is 14.3 Å². The molecule has 1 aliphatic heterocycles. The number of carbonyl (C=O) groups is 2. The predicted molar refractivity (Wildman–Crippen MR) is 38.0 cm³/mol. The van der Waals surface area contributed by atoms with E-state index in [0.29, 0.717) is 13.2 Å². The molecule has 1 heterocycles. The quantitative estimate of drug-likeness (QED) is 0.548. The molecule has 4 heteroatoms. The smallest absolute Gasteiger partial charge is 0.323 e. The Kier molecular flexibility index (Phi) is 2.59. The van der Waals surface area contributed by atoms with E-state index in [0.717, 1.165) is 0 Å². The van der Waals surface area contributed by atoms with Gasteiger partial charge in [0.05, 0.1) is 13.2 Å². The summed E-state index contributed by atoms with van der Waals surface area (Å²) < 4.78 is 4.72. The lowest BCUT2D eigenvalue weighted by molar-refractivity contribution is -0.145. The average Bonchev–Trinajstić information content (AvgIpc) is 2.36. The fourth-order valence-corrected chi connectivity index (χ4v) is 1.02. The Labute approximate surface area is 64.9 Å². The number of ketones is 1. The summed E-state index contributed by atoms with van der Waals surface area (Å²) in [5.74, 6) is -0.249. The van der Waals surface area contributed by atoms with Crippen molar-refractivity contribution in [2.45, 2.75) is 19.4 Å². The number of Topliss-reactive ketones (excluding diaryl/α,β-unsaturated/α-hetero) is 1. The van der Waals surface area contributed by atoms with E-state index in [4.69, 9.17) is 4.74 Å². The van der Waals surface area contributed by atoms with Gasteiger partial charge >= 0.3 is 5.97 Å². The molecule has 0 amide bonds. The highest BCUT2D eigenvalue weighted by Crippen LogP contribution is 2.02. The van der Waals surface area contributed by atoms with Crippen LogP contribution in [0.15, 0.2) is 0 Å². The lowest BCUT2D eigenvalue weighted by atomic mass is 10.2. The van der Waals surface area contributed by atoms with Crippen LogP contribution in [0, 0.1) is 0 Å². The topological polar surface area (TPSA) is 55.4 Å². The zero-order valence-corrected chi connectivity index (χ0v) is 6.42. The van der Waals surface area contributed by atoms with Crippen LogP contribution in [0.5, 0.6) is 0 Å². The fraction of sp³-hybridized carbons (Fsp3) is 0.714. The molecule has 1 atom stereocenters. The molecule has 0 aromatic rings. The van der Waals surface area contributed by atoms with Crippen LogP contribution in [0.4, 0.5) is 0 Å². The monoisotopic (exact) mass is 157 g/mol. The molecule has 0 aliphatic carbocycles. The van der Waals surface area contributed by atoms with Crippen LogP contribution in [0.2, 0.25) is 0 Å². The highest BCUT2D eigenvalue weighted by atomic mass is 16.5. The molecule has 1 saturated heterocycles. The third-order valence-corrected chi connectivity index (χ3v) is 1.55. The molecule has 1 N–H and O–H groups in total. The van der Waals surface area contributed by atoms with Crippen molar-refractivity contribution in [2.24, 2.45) is 0 Å². The van der Waals surface area contributed by atoms with Crippen LogP contribution in [-0.4, -0.2) is 30.9 Å². The van der Waals surface area contributed by atoms with Crippen molar-refractivity contribution >= 4 is 11.8 Å². The van der Waals surface area contributed by atoms with Gasteiger partial charge in [-0.2, -0.15) is 0 Å².